The highest BCUT2D eigenvalue weighted by Crippen LogP contribution is 2.10. The molecular formula is C15H21FN2O. The van der Waals surface area contributed by atoms with Crippen LogP contribution in [0.15, 0.2) is 24.3 Å². The second kappa shape index (κ2) is 7.12. The molecule has 1 N–H and O–H groups in total. The van der Waals surface area contributed by atoms with Crippen LogP contribution < -0.4 is 5.32 Å². The van der Waals surface area contributed by atoms with E-state index in [-0.39, 0.29) is 11.8 Å². The van der Waals surface area contributed by atoms with Crippen LogP contribution in [0.5, 0.6) is 0 Å². The van der Waals surface area contributed by atoms with Crippen LogP contribution >= 0.6 is 0 Å². The van der Waals surface area contributed by atoms with E-state index in [2.05, 4.69) is 5.32 Å². The topological polar surface area (TPSA) is 32.3 Å². The Morgan fingerprint density at radius 3 is 2.53 bits per heavy atom. The van der Waals surface area contributed by atoms with E-state index in [1.165, 1.54) is 18.9 Å². The normalized spacial score (nSPS) is 15.9. The number of hydrogen-bond donors (Lipinski definition) is 1. The minimum absolute atomic E-state index is 0.0155. The molecule has 4 heteroatoms. The Bertz CT molecular complexity index is 414. The number of nitrogens with zero attached hydrogens (tertiary/aromatic N) is 1. The van der Waals surface area contributed by atoms with Gasteiger partial charge in [-0.25, -0.2) is 9.18 Å². The molecule has 0 saturated carbocycles. The summed E-state index contributed by atoms with van der Waals surface area (Å²) < 4.78 is 13.4. The number of benzene rings is 1. The second-order valence-corrected chi connectivity index (χ2v) is 4.97. The zero-order chi connectivity index (χ0) is 13.5. The van der Waals surface area contributed by atoms with Crippen molar-refractivity contribution in [2.45, 2.75) is 32.1 Å². The summed E-state index contributed by atoms with van der Waals surface area (Å²) in [5.41, 5.74) is 0.652. The highest BCUT2D eigenvalue weighted by molar-refractivity contribution is 5.74. The Morgan fingerprint density at radius 2 is 1.84 bits per heavy atom. The van der Waals surface area contributed by atoms with E-state index in [0.717, 1.165) is 25.9 Å². The zero-order valence-electron chi connectivity index (χ0n) is 11.2. The van der Waals surface area contributed by atoms with Crippen LogP contribution in [0.25, 0.3) is 0 Å². The van der Waals surface area contributed by atoms with E-state index in [1.807, 2.05) is 11.0 Å². The Balaban J connectivity index is 1.76. The van der Waals surface area contributed by atoms with Crippen molar-refractivity contribution in [1.29, 1.82) is 0 Å². The van der Waals surface area contributed by atoms with Gasteiger partial charge in [0, 0.05) is 19.6 Å². The van der Waals surface area contributed by atoms with Crippen LogP contribution in [0.2, 0.25) is 0 Å². The molecule has 0 atom stereocenters. The molecular weight excluding hydrogens is 243 g/mol. The summed E-state index contributed by atoms with van der Waals surface area (Å²) >= 11 is 0. The molecule has 0 aromatic heterocycles. The SMILES string of the molecule is O=C(NCCc1ccccc1F)N1CCCCCC1. The first-order valence-electron chi connectivity index (χ1n) is 7.03. The van der Waals surface area contributed by atoms with Crippen LogP contribution in [-0.4, -0.2) is 30.6 Å². The Kier molecular flexibility index (Phi) is 5.19. The Morgan fingerprint density at radius 1 is 1.16 bits per heavy atom. The summed E-state index contributed by atoms with van der Waals surface area (Å²) in [6.07, 6.45) is 5.12. The fourth-order valence-electron chi connectivity index (χ4n) is 2.39. The van der Waals surface area contributed by atoms with Gasteiger partial charge in [-0.3, -0.25) is 0 Å². The van der Waals surface area contributed by atoms with Gasteiger partial charge in [-0.1, -0.05) is 31.0 Å². The highest BCUT2D eigenvalue weighted by Gasteiger charge is 2.14. The van der Waals surface area contributed by atoms with Crippen LogP contribution in [0.1, 0.15) is 31.2 Å². The first kappa shape index (κ1) is 13.8. The van der Waals surface area contributed by atoms with Crippen molar-refractivity contribution >= 4 is 6.03 Å². The Labute approximate surface area is 113 Å². The largest absolute Gasteiger partial charge is 0.338 e. The van der Waals surface area contributed by atoms with Gasteiger partial charge in [0.1, 0.15) is 5.82 Å². The summed E-state index contributed by atoms with van der Waals surface area (Å²) in [6, 6.07) is 6.68. The third-order valence-corrected chi connectivity index (χ3v) is 3.52. The van der Waals surface area contributed by atoms with Gasteiger partial charge in [0.05, 0.1) is 0 Å². The van der Waals surface area contributed by atoms with Crippen molar-refractivity contribution in [2.75, 3.05) is 19.6 Å². The zero-order valence-corrected chi connectivity index (χ0v) is 11.2. The number of rotatable bonds is 3. The summed E-state index contributed by atoms with van der Waals surface area (Å²) in [7, 11) is 0. The number of nitrogens with one attached hydrogen (secondary N) is 1. The number of hydrogen-bond acceptors (Lipinski definition) is 1. The van der Waals surface area contributed by atoms with E-state index >= 15 is 0 Å². The maximum atomic E-state index is 13.4. The maximum Gasteiger partial charge on any atom is 0.317 e. The molecule has 2 rings (SSSR count). The van der Waals surface area contributed by atoms with Crippen LogP contribution in [0, 0.1) is 5.82 Å². The molecule has 1 aromatic carbocycles. The number of likely N-dealkylation sites (tertiary alicyclic amines) is 1. The van der Waals surface area contributed by atoms with Crippen LogP contribution in [0.3, 0.4) is 0 Å². The van der Waals surface area contributed by atoms with Crippen molar-refractivity contribution in [1.82, 2.24) is 10.2 Å². The summed E-state index contributed by atoms with van der Waals surface area (Å²) in [6.45, 7) is 2.16. The molecule has 1 aromatic rings. The van der Waals surface area contributed by atoms with Gasteiger partial charge in [0.15, 0.2) is 0 Å². The standard InChI is InChI=1S/C15H21FN2O/c16-14-8-4-3-7-13(14)9-10-17-15(19)18-11-5-1-2-6-12-18/h3-4,7-8H,1-2,5-6,9-12H2,(H,17,19). The molecule has 1 aliphatic heterocycles. The van der Waals surface area contributed by atoms with Crippen molar-refractivity contribution < 1.29 is 9.18 Å². The van der Waals surface area contributed by atoms with Crippen LogP contribution in [0.4, 0.5) is 9.18 Å². The molecule has 19 heavy (non-hydrogen) atoms. The predicted octanol–water partition coefficient (Wildman–Crippen LogP) is 2.95. The minimum atomic E-state index is -0.202. The molecule has 0 bridgehead atoms. The van der Waals surface area contributed by atoms with Crippen molar-refractivity contribution in [3.8, 4) is 0 Å². The number of halogens is 1. The molecule has 0 unspecified atom stereocenters. The smallest absolute Gasteiger partial charge is 0.317 e. The molecule has 0 aliphatic carbocycles. The Hall–Kier alpha value is -1.58. The summed E-state index contributed by atoms with van der Waals surface area (Å²) in [4.78, 5) is 13.8. The number of carbonyl (C=O) groups is 1. The fraction of sp³-hybridized carbons (Fsp3) is 0.533. The highest BCUT2D eigenvalue weighted by atomic mass is 19.1. The van der Waals surface area contributed by atoms with Crippen molar-refractivity contribution in [2.24, 2.45) is 0 Å². The van der Waals surface area contributed by atoms with E-state index in [1.54, 1.807) is 12.1 Å². The van der Waals surface area contributed by atoms with Gasteiger partial charge in [0.25, 0.3) is 0 Å². The molecule has 1 aliphatic rings. The molecule has 1 fully saturated rings. The molecule has 104 valence electrons. The monoisotopic (exact) mass is 264 g/mol. The molecule has 1 heterocycles. The third kappa shape index (κ3) is 4.23. The van der Waals surface area contributed by atoms with E-state index in [4.69, 9.17) is 0 Å². The lowest BCUT2D eigenvalue weighted by atomic mass is 10.1. The van der Waals surface area contributed by atoms with E-state index in [9.17, 15) is 9.18 Å². The first-order chi connectivity index (χ1) is 9.27. The van der Waals surface area contributed by atoms with Crippen molar-refractivity contribution in [3.05, 3.63) is 35.6 Å². The first-order valence-corrected chi connectivity index (χ1v) is 7.03. The van der Waals surface area contributed by atoms with Gasteiger partial charge >= 0.3 is 6.03 Å². The van der Waals surface area contributed by atoms with Crippen LogP contribution in [-0.2, 0) is 6.42 Å². The van der Waals surface area contributed by atoms with E-state index < -0.39 is 0 Å². The third-order valence-electron chi connectivity index (χ3n) is 3.52. The minimum Gasteiger partial charge on any atom is -0.338 e. The van der Waals surface area contributed by atoms with Gasteiger partial charge < -0.3 is 10.2 Å². The number of carbonyl (C=O) groups excluding carboxylic acids is 1. The average molecular weight is 264 g/mol. The number of urea groups is 1. The lowest BCUT2D eigenvalue weighted by Crippen LogP contribution is -2.41. The maximum absolute atomic E-state index is 13.4. The fourth-order valence-corrected chi connectivity index (χ4v) is 2.39. The summed E-state index contributed by atoms with van der Waals surface area (Å²) in [5, 5.41) is 2.88. The quantitative estimate of drug-likeness (QED) is 0.894. The van der Waals surface area contributed by atoms with E-state index in [0.29, 0.717) is 18.5 Å². The lowest BCUT2D eigenvalue weighted by Gasteiger charge is -2.20. The molecule has 0 spiro atoms. The van der Waals surface area contributed by atoms with Gasteiger partial charge in [-0.05, 0) is 30.9 Å². The number of amides is 2. The average Bonchev–Trinajstić information content (AvgIpc) is 2.70. The summed E-state index contributed by atoms with van der Waals surface area (Å²) in [5.74, 6) is -0.202. The van der Waals surface area contributed by atoms with Gasteiger partial charge in [0.2, 0.25) is 0 Å². The molecule has 2 amide bonds. The molecule has 3 nitrogen and oxygen atoms in total. The second-order valence-electron chi connectivity index (χ2n) is 4.97. The van der Waals surface area contributed by atoms with Gasteiger partial charge in [-0.2, -0.15) is 0 Å². The van der Waals surface area contributed by atoms with Crippen molar-refractivity contribution in [3.63, 3.8) is 0 Å². The van der Waals surface area contributed by atoms with Gasteiger partial charge in [-0.15, -0.1) is 0 Å². The lowest BCUT2D eigenvalue weighted by molar-refractivity contribution is 0.200. The molecule has 1 saturated heterocycles. The predicted molar refractivity (Wildman–Crippen MR) is 73.5 cm³/mol. The molecule has 0 radical (unpaired) electrons.